The molecule has 17 heavy (non-hydrogen) atoms. The number of phenols is 1. The number of benzene rings is 2. The van der Waals surface area contributed by atoms with E-state index in [9.17, 15) is 5.11 Å². The van der Waals surface area contributed by atoms with Crippen molar-refractivity contribution in [3.8, 4) is 5.75 Å². The third kappa shape index (κ3) is 3.27. The molecule has 2 heteroatoms. The van der Waals surface area contributed by atoms with Gasteiger partial charge in [0.05, 0.1) is 0 Å². The first-order valence-corrected chi connectivity index (χ1v) is 6.16. The van der Waals surface area contributed by atoms with Crippen LogP contribution in [0.4, 0.5) is 0 Å². The lowest BCUT2D eigenvalue weighted by Gasteiger charge is -2.12. The molecule has 0 amide bonds. The van der Waals surface area contributed by atoms with E-state index in [2.05, 4.69) is 31.7 Å². The molecule has 0 heterocycles. The molecule has 2 rings (SSSR count). The van der Waals surface area contributed by atoms with E-state index >= 15 is 0 Å². The first-order valence-electron chi connectivity index (χ1n) is 5.72. The van der Waals surface area contributed by atoms with Crippen molar-refractivity contribution in [1.82, 2.24) is 0 Å². The minimum absolute atomic E-state index is 0.318. The lowest BCUT2D eigenvalue weighted by Crippen LogP contribution is -1.98. The summed E-state index contributed by atoms with van der Waals surface area (Å²) in [6.45, 7) is 2.19. The monoisotopic (exact) mass is 244 g/mol. The third-order valence-electron chi connectivity index (χ3n) is 2.91. The summed E-state index contributed by atoms with van der Waals surface area (Å²) in [7, 11) is 0. The Balaban J connectivity index is 2.11. The van der Waals surface area contributed by atoms with Gasteiger partial charge in [-0.3, -0.25) is 0 Å². The molecule has 0 aliphatic rings. The van der Waals surface area contributed by atoms with Crippen LogP contribution in [0.1, 0.15) is 24.0 Å². The average molecular weight is 244 g/mol. The number of thiol groups is 1. The fourth-order valence-corrected chi connectivity index (χ4v) is 2.21. The number of hydrogen-bond acceptors (Lipinski definition) is 2. The molecule has 0 saturated heterocycles. The molecule has 2 aromatic carbocycles. The second-order valence-corrected chi connectivity index (χ2v) is 4.88. The quantitative estimate of drug-likeness (QED) is 0.781. The zero-order chi connectivity index (χ0) is 12.3. The predicted molar refractivity (Wildman–Crippen MR) is 73.9 cm³/mol. The van der Waals surface area contributed by atoms with E-state index in [-0.39, 0.29) is 0 Å². The smallest absolute Gasteiger partial charge is 0.115 e. The average Bonchev–Trinajstić information content (AvgIpc) is 2.29. The summed E-state index contributed by atoms with van der Waals surface area (Å²) >= 11 is 4.34. The molecule has 0 saturated carbocycles. The molecule has 0 aliphatic carbocycles. The van der Waals surface area contributed by atoms with Gasteiger partial charge in [0.15, 0.2) is 0 Å². The molecule has 0 bridgehead atoms. The molecule has 1 N–H and O–H groups in total. The van der Waals surface area contributed by atoms with Crippen LogP contribution < -0.4 is 0 Å². The van der Waals surface area contributed by atoms with Crippen molar-refractivity contribution in [2.75, 3.05) is 0 Å². The lowest BCUT2D eigenvalue weighted by atomic mass is 9.94. The van der Waals surface area contributed by atoms with Gasteiger partial charge in [-0.15, -0.1) is 12.6 Å². The Kier molecular flexibility index (Phi) is 3.75. The third-order valence-corrected chi connectivity index (χ3v) is 3.19. The summed E-state index contributed by atoms with van der Waals surface area (Å²) < 4.78 is 0. The highest BCUT2D eigenvalue weighted by atomic mass is 32.1. The molecular weight excluding hydrogens is 228 g/mol. The number of aromatic hydroxyl groups is 1. The number of rotatable bonds is 3. The van der Waals surface area contributed by atoms with Gasteiger partial charge in [0.25, 0.3) is 0 Å². The lowest BCUT2D eigenvalue weighted by molar-refractivity contribution is 0.475. The van der Waals surface area contributed by atoms with E-state index in [1.165, 1.54) is 11.1 Å². The standard InChI is InChI=1S/C15H16OS/c1-11(13-5-7-14(16)8-6-13)9-12-3-2-4-15(17)10-12/h2-8,10-11,16-17H,9H2,1H3. The zero-order valence-electron chi connectivity index (χ0n) is 9.80. The van der Waals surface area contributed by atoms with Crippen LogP contribution in [-0.2, 0) is 6.42 Å². The van der Waals surface area contributed by atoms with Crippen LogP contribution >= 0.6 is 12.6 Å². The minimum Gasteiger partial charge on any atom is -0.508 e. The second kappa shape index (κ2) is 5.28. The molecule has 1 unspecified atom stereocenters. The second-order valence-electron chi connectivity index (χ2n) is 4.37. The summed E-state index contributed by atoms with van der Waals surface area (Å²) in [5, 5.41) is 9.25. The van der Waals surface area contributed by atoms with Gasteiger partial charge in [-0.25, -0.2) is 0 Å². The maximum atomic E-state index is 9.25. The van der Waals surface area contributed by atoms with Gasteiger partial charge in [-0.05, 0) is 47.7 Å². The predicted octanol–water partition coefficient (Wildman–Crippen LogP) is 4.03. The maximum Gasteiger partial charge on any atom is 0.115 e. The van der Waals surface area contributed by atoms with Crippen molar-refractivity contribution < 1.29 is 5.11 Å². The van der Waals surface area contributed by atoms with Gasteiger partial charge in [0.2, 0.25) is 0 Å². The largest absolute Gasteiger partial charge is 0.508 e. The van der Waals surface area contributed by atoms with Gasteiger partial charge in [-0.1, -0.05) is 31.2 Å². The van der Waals surface area contributed by atoms with Gasteiger partial charge in [0, 0.05) is 4.90 Å². The van der Waals surface area contributed by atoms with Crippen LogP contribution in [0, 0.1) is 0 Å². The van der Waals surface area contributed by atoms with Gasteiger partial charge in [-0.2, -0.15) is 0 Å². The molecular formula is C15H16OS. The van der Waals surface area contributed by atoms with Crippen LogP contribution in [0.5, 0.6) is 5.75 Å². The molecule has 0 aliphatic heterocycles. The van der Waals surface area contributed by atoms with Crippen LogP contribution in [0.25, 0.3) is 0 Å². The summed E-state index contributed by atoms with van der Waals surface area (Å²) in [5.74, 6) is 0.754. The van der Waals surface area contributed by atoms with Crippen molar-refractivity contribution >= 4 is 12.6 Å². The summed E-state index contributed by atoms with van der Waals surface area (Å²) in [4.78, 5) is 1.00. The highest BCUT2D eigenvalue weighted by molar-refractivity contribution is 7.80. The fraction of sp³-hybridized carbons (Fsp3) is 0.200. The molecule has 88 valence electrons. The first-order chi connectivity index (χ1) is 8.15. The zero-order valence-corrected chi connectivity index (χ0v) is 10.7. The Hall–Kier alpha value is -1.41. The van der Waals surface area contributed by atoms with Gasteiger partial charge in [0.1, 0.15) is 5.75 Å². The van der Waals surface area contributed by atoms with Crippen LogP contribution in [0.15, 0.2) is 53.4 Å². The Morgan fingerprint density at radius 2 is 1.82 bits per heavy atom. The molecule has 2 aromatic rings. The van der Waals surface area contributed by atoms with Crippen LogP contribution in [0.2, 0.25) is 0 Å². The van der Waals surface area contributed by atoms with Crippen molar-refractivity contribution in [3.05, 3.63) is 59.7 Å². The SMILES string of the molecule is CC(Cc1cccc(S)c1)c1ccc(O)cc1. The molecule has 0 radical (unpaired) electrons. The van der Waals surface area contributed by atoms with Crippen molar-refractivity contribution in [2.45, 2.75) is 24.2 Å². The Morgan fingerprint density at radius 3 is 2.47 bits per heavy atom. The van der Waals surface area contributed by atoms with Crippen LogP contribution in [0.3, 0.4) is 0 Å². The maximum absolute atomic E-state index is 9.25. The summed E-state index contributed by atoms with van der Waals surface area (Å²) in [6, 6.07) is 15.7. The number of phenolic OH excluding ortho intramolecular Hbond substituents is 1. The van der Waals surface area contributed by atoms with Crippen LogP contribution in [-0.4, -0.2) is 5.11 Å². The van der Waals surface area contributed by atoms with Crippen molar-refractivity contribution in [2.24, 2.45) is 0 Å². The van der Waals surface area contributed by atoms with E-state index < -0.39 is 0 Å². The molecule has 0 aromatic heterocycles. The molecule has 0 spiro atoms. The molecule has 1 nitrogen and oxygen atoms in total. The van der Waals surface area contributed by atoms with Crippen molar-refractivity contribution in [3.63, 3.8) is 0 Å². The van der Waals surface area contributed by atoms with Gasteiger partial charge >= 0.3 is 0 Å². The van der Waals surface area contributed by atoms with E-state index in [0.717, 1.165) is 11.3 Å². The first kappa shape index (κ1) is 12.1. The highest BCUT2D eigenvalue weighted by Crippen LogP contribution is 2.23. The normalized spacial score (nSPS) is 12.4. The molecule has 1 atom stereocenters. The van der Waals surface area contributed by atoms with E-state index in [1.807, 2.05) is 24.3 Å². The molecule has 0 fully saturated rings. The van der Waals surface area contributed by atoms with Gasteiger partial charge < -0.3 is 5.11 Å². The Bertz CT molecular complexity index is 491. The Labute approximate surface area is 108 Å². The Morgan fingerprint density at radius 1 is 1.12 bits per heavy atom. The fourth-order valence-electron chi connectivity index (χ4n) is 1.96. The minimum atomic E-state index is 0.318. The number of hydrogen-bond donors (Lipinski definition) is 2. The van der Waals surface area contributed by atoms with E-state index in [0.29, 0.717) is 11.7 Å². The topological polar surface area (TPSA) is 20.2 Å². The highest BCUT2D eigenvalue weighted by Gasteiger charge is 2.06. The van der Waals surface area contributed by atoms with Crippen molar-refractivity contribution in [1.29, 1.82) is 0 Å². The van der Waals surface area contributed by atoms with E-state index in [4.69, 9.17) is 0 Å². The summed E-state index contributed by atoms with van der Waals surface area (Å²) in [5.41, 5.74) is 2.53. The summed E-state index contributed by atoms with van der Waals surface area (Å²) in [6.07, 6.45) is 0.985. The van der Waals surface area contributed by atoms with E-state index in [1.54, 1.807) is 12.1 Å².